The van der Waals surface area contributed by atoms with Gasteiger partial charge in [-0.1, -0.05) is 18.2 Å². The minimum Gasteiger partial charge on any atom is -0.493 e. The van der Waals surface area contributed by atoms with Crippen molar-refractivity contribution < 1.29 is 35.9 Å². The molecule has 0 radical (unpaired) electrons. The van der Waals surface area contributed by atoms with Crippen molar-refractivity contribution in [1.29, 1.82) is 0 Å². The number of carbonyl (C=O) groups is 2. The highest BCUT2D eigenvalue weighted by Crippen LogP contribution is 2.38. The molecule has 0 spiro atoms. The maximum Gasteiger partial charge on any atom is 0.416 e. The van der Waals surface area contributed by atoms with Gasteiger partial charge in [0, 0.05) is 42.1 Å². The number of aromatic nitrogens is 1. The molecule has 2 aromatic carbocycles. The van der Waals surface area contributed by atoms with E-state index in [0.717, 1.165) is 23.5 Å². The van der Waals surface area contributed by atoms with Crippen LogP contribution in [0.1, 0.15) is 34.5 Å². The van der Waals surface area contributed by atoms with E-state index in [0.29, 0.717) is 47.5 Å². The third kappa shape index (κ3) is 6.73. The van der Waals surface area contributed by atoms with Gasteiger partial charge in [0.15, 0.2) is 9.84 Å². The van der Waals surface area contributed by atoms with E-state index in [1.165, 1.54) is 13.2 Å². The van der Waals surface area contributed by atoms with E-state index in [1.807, 2.05) is 0 Å². The zero-order valence-electron chi connectivity index (χ0n) is 20.4. The summed E-state index contributed by atoms with van der Waals surface area (Å²) in [5.41, 5.74) is 0.345. The lowest BCUT2D eigenvalue weighted by molar-refractivity contribution is -0.137. The maximum absolute atomic E-state index is 13.5. The van der Waals surface area contributed by atoms with Crippen LogP contribution in [0, 0.1) is 6.92 Å². The normalized spacial score (nSPS) is 11.7. The average Bonchev–Trinajstić information content (AvgIpc) is 2.84. The van der Waals surface area contributed by atoms with Crippen molar-refractivity contribution in [2.45, 2.75) is 30.8 Å². The molecule has 0 fully saturated rings. The van der Waals surface area contributed by atoms with E-state index < -0.39 is 37.9 Å². The standard InChI is InChI=1S/C26H25F3N2O5S/c1-17-12-22(21-8-4-5-9-24(21)36-11-7-6-10-32)23(16-30-17)31(2)25(33)18-13-19(26(27,28)29)15-20(14-18)37(3,34)35/h4-5,8-10,12-16H,6-7,11H2,1-3H3. The zero-order chi connectivity index (χ0) is 27.4. The smallest absolute Gasteiger partial charge is 0.416 e. The van der Waals surface area contributed by atoms with Crippen LogP contribution in [0.5, 0.6) is 5.75 Å². The fourth-order valence-corrected chi connectivity index (χ4v) is 4.28. The van der Waals surface area contributed by atoms with Crippen molar-refractivity contribution in [3.63, 3.8) is 0 Å². The zero-order valence-corrected chi connectivity index (χ0v) is 21.2. The summed E-state index contributed by atoms with van der Waals surface area (Å²) in [5.74, 6) is -0.369. The first-order valence-electron chi connectivity index (χ1n) is 11.2. The highest BCUT2D eigenvalue weighted by atomic mass is 32.2. The van der Waals surface area contributed by atoms with Crippen LogP contribution in [-0.2, 0) is 20.8 Å². The number of nitrogens with zero attached hydrogens (tertiary/aromatic N) is 2. The van der Waals surface area contributed by atoms with E-state index in [2.05, 4.69) is 4.98 Å². The first kappa shape index (κ1) is 27.9. The van der Waals surface area contributed by atoms with Crippen molar-refractivity contribution in [1.82, 2.24) is 4.98 Å². The third-order valence-corrected chi connectivity index (χ3v) is 6.59. The number of sulfone groups is 1. The Balaban J connectivity index is 2.08. The molecule has 1 amide bonds. The average molecular weight is 535 g/mol. The van der Waals surface area contributed by atoms with Crippen LogP contribution in [0.15, 0.2) is 59.6 Å². The molecule has 11 heteroatoms. The molecule has 196 valence electrons. The molecule has 1 aromatic heterocycles. The van der Waals surface area contributed by atoms with Gasteiger partial charge < -0.3 is 14.4 Å². The lowest BCUT2D eigenvalue weighted by atomic mass is 10.0. The molecule has 0 aliphatic rings. The highest BCUT2D eigenvalue weighted by Gasteiger charge is 2.33. The van der Waals surface area contributed by atoms with Crippen LogP contribution >= 0.6 is 0 Å². The largest absolute Gasteiger partial charge is 0.493 e. The Kier molecular flexibility index (Phi) is 8.37. The predicted octanol–water partition coefficient (Wildman–Crippen LogP) is 5.11. The molecule has 0 saturated heterocycles. The third-order valence-electron chi connectivity index (χ3n) is 5.50. The van der Waals surface area contributed by atoms with Gasteiger partial charge in [-0.25, -0.2) is 8.42 Å². The van der Waals surface area contributed by atoms with E-state index in [1.54, 1.807) is 37.3 Å². The molecule has 7 nitrogen and oxygen atoms in total. The summed E-state index contributed by atoms with van der Waals surface area (Å²) >= 11 is 0. The number of alkyl halides is 3. The number of aryl methyl sites for hydroxylation is 1. The molecule has 3 aromatic rings. The summed E-state index contributed by atoms with van der Waals surface area (Å²) in [7, 11) is -2.66. The second-order valence-electron chi connectivity index (χ2n) is 8.38. The monoisotopic (exact) mass is 534 g/mol. The van der Waals surface area contributed by atoms with Crippen LogP contribution in [0.2, 0.25) is 0 Å². The number of ether oxygens (including phenoxy) is 1. The minimum atomic E-state index is -4.86. The molecule has 0 saturated carbocycles. The Morgan fingerprint density at radius 2 is 1.81 bits per heavy atom. The van der Waals surface area contributed by atoms with Gasteiger partial charge in [-0.05, 0) is 43.7 Å². The number of anilines is 1. The number of halogens is 3. The Hall–Kier alpha value is -3.73. The minimum absolute atomic E-state index is 0.276. The van der Waals surface area contributed by atoms with Crippen molar-refractivity contribution >= 4 is 27.7 Å². The predicted molar refractivity (Wildman–Crippen MR) is 132 cm³/mol. The number of aldehydes is 1. The summed E-state index contributed by atoms with van der Waals surface area (Å²) in [6.07, 6.45) is -1.03. The van der Waals surface area contributed by atoms with E-state index in [-0.39, 0.29) is 12.3 Å². The topological polar surface area (TPSA) is 93.6 Å². The molecular weight excluding hydrogens is 509 g/mol. The second-order valence-corrected chi connectivity index (χ2v) is 10.4. The van der Waals surface area contributed by atoms with Gasteiger partial charge in [0.1, 0.15) is 12.0 Å². The lowest BCUT2D eigenvalue weighted by Gasteiger charge is -2.23. The number of unbranched alkanes of at least 4 members (excludes halogenated alkanes) is 1. The molecule has 0 N–H and O–H groups in total. The number of rotatable bonds is 9. The van der Waals surface area contributed by atoms with Crippen molar-refractivity contribution in [3.8, 4) is 16.9 Å². The number of hydrogen-bond acceptors (Lipinski definition) is 6. The van der Waals surface area contributed by atoms with Gasteiger partial charge in [-0.15, -0.1) is 0 Å². The Bertz CT molecular complexity index is 1420. The number of para-hydroxylation sites is 1. The van der Waals surface area contributed by atoms with Crippen molar-refractivity contribution in [2.24, 2.45) is 0 Å². The fraction of sp³-hybridized carbons (Fsp3) is 0.269. The van der Waals surface area contributed by atoms with Crippen LogP contribution in [-0.4, -0.2) is 45.5 Å². The fourth-order valence-electron chi connectivity index (χ4n) is 3.60. The Labute approximate surface area is 212 Å². The molecule has 0 unspecified atom stereocenters. The van der Waals surface area contributed by atoms with Gasteiger partial charge >= 0.3 is 6.18 Å². The summed E-state index contributed by atoms with van der Waals surface area (Å²) in [6.45, 7) is 2.02. The van der Waals surface area contributed by atoms with Crippen molar-refractivity contribution in [2.75, 3.05) is 24.8 Å². The highest BCUT2D eigenvalue weighted by molar-refractivity contribution is 7.90. The number of hydrogen-bond donors (Lipinski definition) is 0. The van der Waals surface area contributed by atoms with E-state index in [9.17, 15) is 31.2 Å². The van der Waals surface area contributed by atoms with Gasteiger partial charge in [0.05, 0.1) is 29.0 Å². The molecular formula is C26H25F3N2O5S. The molecule has 0 aliphatic carbocycles. The number of benzene rings is 2. The van der Waals surface area contributed by atoms with Gasteiger partial charge in [0.2, 0.25) is 0 Å². The molecule has 0 bridgehead atoms. The second kappa shape index (κ2) is 11.1. The first-order chi connectivity index (χ1) is 17.3. The summed E-state index contributed by atoms with van der Waals surface area (Å²) in [5, 5.41) is 0. The molecule has 0 atom stereocenters. The number of carbonyl (C=O) groups excluding carboxylic acids is 2. The summed E-state index contributed by atoms with van der Waals surface area (Å²) < 4.78 is 70.4. The number of amides is 1. The van der Waals surface area contributed by atoms with E-state index in [4.69, 9.17) is 4.74 Å². The maximum atomic E-state index is 13.5. The molecule has 0 aliphatic heterocycles. The first-order valence-corrected chi connectivity index (χ1v) is 13.0. The SMILES string of the molecule is Cc1cc(-c2ccccc2OCCCC=O)c(N(C)C(=O)c2cc(C(F)(F)F)cc(S(C)(=O)=O)c2)cn1. The summed E-state index contributed by atoms with van der Waals surface area (Å²) in [6, 6.07) is 10.8. The quantitative estimate of drug-likeness (QED) is 0.280. The van der Waals surface area contributed by atoms with Crippen LogP contribution < -0.4 is 9.64 Å². The van der Waals surface area contributed by atoms with Gasteiger partial charge in [-0.2, -0.15) is 13.2 Å². The number of pyridine rings is 1. The van der Waals surface area contributed by atoms with E-state index >= 15 is 0 Å². The molecule has 3 rings (SSSR count). The lowest BCUT2D eigenvalue weighted by Crippen LogP contribution is -2.27. The van der Waals surface area contributed by atoms with Crippen LogP contribution in [0.4, 0.5) is 18.9 Å². The van der Waals surface area contributed by atoms with Crippen molar-refractivity contribution in [3.05, 3.63) is 71.5 Å². The summed E-state index contributed by atoms with van der Waals surface area (Å²) in [4.78, 5) is 28.7. The molecule has 37 heavy (non-hydrogen) atoms. The Morgan fingerprint density at radius 1 is 1.11 bits per heavy atom. The van der Waals surface area contributed by atoms with Gasteiger partial charge in [-0.3, -0.25) is 9.78 Å². The molecule has 1 heterocycles. The van der Waals surface area contributed by atoms with Crippen LogP contribution in [0.3, 0.4) is 0 Å². The van der Waals surface area contributed by atoms with Gasteiger partial charge in [0.25, 0.3) is 5.91 Å². The van der Waals surface area contributed by atoms with Crippen LogP contribution in [0.25, 0.3) is 11.1 Å². The Morgan fingerprint density at radius 3 is 2.46 bits per heavy atom.